The summed E-state index contributed by atoms with van der Waals surface area (Å²) >= 11 is 0. The molecule has 0 aromatic heterocycles. The highest BCUT2D eigenvalue weighted by Gasteiger charge is 2.52. The minimum Gasteiger partial charge on any atom is -0.400 e. The predicted octanol–water partition coefficient (Wildman–Crippen LogP) is 1.75. The molecular formula is C13H20BNO3. The van der Waals surface area contributed by atoms with E-state index in [9.17, 15) is 4.79 Å². The van der Waals surface area contributed by atoms with Gasteiger partial charge in [0.2, 0.25) is 5.91 Å². The topological polar surface area (TPSA) is 61.5 Å². The molecule has 0 unspecified atom stereocenters. The van der Waals surface area contributed by atoms with Crippen LogP contribution in [-0.2, 0) is 14.1 Å². The van der Waals surface area contributed by atoms with Crippen molar-refractivity contribution in [2.45, 2.75) is 51.7 Å². The summed E-state index contributed by atoms with van der Waals surface area (Å²) in [5, 5.41) is 0. The third-order valence-corrected chi connectivity index (χ3v) is 4.05. The minimum absolute atomic E-state index is 0.319. The van der Waals surface area contributed by atoms with Crippen molar-refractivity contribution < 1.29 is 14.1 Å². The van der Waals surface area contributed by atoms with Gasteiger partial charge in [-0.1, -0.05) is 12.2 Å². The van der Waals surface area contributed by atoms with Crippen molar-refractivity contribution in [3.8, 4) is 0 Å². The summed E-state index contributed by atoms with van der Waals surface area (Å²) in [6, 6.07) is 0. The lowest BCUT2D eigenvalue weighted by Gasteiger charge is -2.32. The Morgan fingerprint density at radius 2 is 1.72 bits per heavy atom. The number of carbonyl (C=O) groups is 1. The average molecular weight is 249 g/mol. The quantitative estimate of drug-likeness (QED) is 0.758. The van der Waals surface area contributed by atoms with Gasteiger partial charge in [-0.15, -0.1) is 0 Å². The molecule has 2 N–H and O–H groups in total. The average Bonchev–Trinajstić information content (AvgIpc) is 2.48. The van der Waals surface area contributed by atoms with Crippen LogP contribution in [0.25, 0.3) is 0 Å². The van der Waals surface area contributed by atoms with E-state index in [1.165, 1.54) is 0 Å². The van der Waals surface area contributed by atoms with Crippen molar-refractivity contribution in [2.75, 3.05) is 0 Å². The first-order valence-corrected chi connectivity index (χ1v) is 6.28. The molecule has 18 heavy (non-hydrogen) atoms. The summed E-state index contributed by atoms with van der Waals surface area (Å²) in [4.78, 5) is 11.1. The molecular weight excluding hydrogens is 229 g/mol. The molecule has 98 valence electrons. The fourth-order valence-corrected chi connectivity index (χ4v) is 2.05. The molecule has 5 heteroatoms. The van der Waals surface area contributed by atoms with Crippen molar-refractivity contribution >= 4 is 13.0 Å². The maximum Gasteiger partial charge on any atom is 0.490 e. The van der Waals surface area contributed by atoms with Gasteiger partial charge in [-0.3, -0.25) is 4.79 Å². The summed E-state index contributed by atoms with van der Waals surface area (Å²) < 4.78 is 11.9. The Balaban J connectivity index is 2.15. The molecule has 0 aromatic rings. The maximum absolute atomic E-state index is 11.1. The van der Waals surface area contributed by atoms with Gasteiger partial charge in [0, 0.05) is 5.57 Å². The minimum atomic E-state index is -0.348. The molecule has 4 nitrogen and oxygen atoms in total. The van der Waals surface area contributed by atoms with Gasteiger partial charge in [-0.05, 0) is 46.0 Å². The Kier molecular flexibility index (Phi) is 3.15. The number of rotatable bonds is 2. The van der Waals surface area contributed by atoms with Crippen LogP contribution in [0.3, 0.4) is 0 Å². The van der Waals surface area contributed by atoms with E-state index < -0.39 is 0 Å². The molecule has 0 spiro atoms. The van der Waals surface area contributed by atoms with Crippen LogP contribution >= 0.6 is 0 Å². The highest BCUT2D eigenvalue weighted by atomic mass is 16.7. The molecule has 0 aromatic carbocycles. The first kappa shape index (κ1) is 13.4. The van der Waals surface area contributed by atoms with Gasteiger partial charge in [0.05, 0.1) is 11.2 Å². The molecule has 0 atom stereocenters. The van der Waals surface area contributed by atoms with E-state index in [1.807, 2.05) is 33.8 Å². The summed E-state index contributed by atoms with van der Waals surface area (Å²) in [6.45, 7) is 8.12. The van der Waals surface area contributed by atoms with Crippen molar-refractivity contribution in [3.63, 3.8) is 0 Å². The first-order valence-electron chi connectivity index (χ1n) is 6.28. The first-order chi connectivity index (χ1) is 8.23. The summed E-state index contributed by atoms with van der Waals surface area (Å²) in [7, 11) is -0.319. The third kappa shape index (κ3) is 2.25. The van der Waals surface area contributed by atoms with E-state index in [2.05, 4.69) is 0 Å². The van der Waals surface area contributed by atoms with Crippen LogP contribution in [0.5, 0.6) is 0 Å². The number of allylic oxidation sites excluding steroid dienone is 3. The normalized spacial score (nSPS) is 25.7. The van der Waals surface area contributed by atoms with Gasteiger partial charge in [-0.25, -0.2) is 0 Å². The summed E-state index contributed by atoms with van der Waals surface area (Å²) in [6.07, 6.45) is 5.08. The lowest BCUT2D eigenvalue weighted by atomic mass is 9.73. The molecule has 0 saturated carbocycles. The molecule has 1 aliphatic heterocycles. The smallest absolute Gasteiger partial charge is 0.400 e. The van der Waals surface area contributed by atoms with Gasteiger partial charge in [0.15, 0.2) is 0 Å². The van der Waals surface area contributed by atoms with Crippen molar-refractivity contribution in [3.05, 3.63) is 23.2 Å². The molecule has 0 radical (unpaired) electrons. The van der Waals surface area contributed by atoms with E-state index in [-0.39, 0.29) is 24.2 Å². The second-order valence-electron chi connectivity index (χ2n) is 5.89. The lowest BCUT2D eigenvalue weighted by molar-refractivity contribution is -0.114. The molecule has 1 aliphatic carbocycles. The SMILES string of the molecule is CC1(C)OB(C2=CC=C(C(N)=O)CC2)OC1(C)C. The number of nitrogens with two attached hydrogens (primary N) is 1. The second-order valence-corrected chi connectivity index (χ2v) is 5.89. The molecule has 2 aliphatic rings. The fraction of sp³-hybridized carbons (Fsp3) is 0.615. The Morgan fingerprint density at radius 1 is 1.17 bits per heavy atom. The second kappa shape index (κ2) is 4.25. The fourth-order valence-electron chi connectivity index (χ4n) is 2.05. The van der Waals surface area contributed by atoms with Crippen molar-refractivity contribution in [1.82, 2.24) is 0 Å². The monoisotopic (exact) mass is 249 g/mol. The number of hydrogen-bond acceptors (Lipinski definition) is 3. The van der Waals surface area contributed by atoms with Crippen LogP contribution in [-0.4, -0.2) is 24.2 Å². The molecule has 1 saturated heterocycles. The van der Waals surface area contributed by atoms with Gasteiger partial charge in [0.1, 0.15) is 0 Å². The molecule has 1 fully saturated rings. The van der Waals surface area contributed by atoms with Crippen molar-refractivity contribution in [1.29, 1.82) is 0 Å². The summed E-state index contributed by atoms with van der Waals surface area (Å²) in [5.41, 5.74) is 6.33. The molecule has 2 rings (SSSR count). The Bertz CT molecular complexity index is 422. The zero-order chi connectivity index (χ0) is 13.6. The highest BCUT2D eigenvalue weighted by molar-refractivity contribution is 6.54. The van der Waals surface area contributed by atoms with Gasteiger partial charge in [-0.2, -0.15) is 0 Å². The van der Waals surface area contributed by atoms with Crippen LogP contribution in [0, 0.1) is 0 Å². The van der Waals surface area contributed by atoms with Crippen molar-refractivity contribution in [2.24, 2.45) is 5.73 Å². The largest absolute Gasteiger partial charge is 0.490 e. The van der Waals surface area contributed by atoms with E-state index in [0.29, 0.717) is 12.0 Å². The Hall–Kier alpha value is -1.07. The van der Waals surface area contributed by atoms with Gasteiger partial charge >= 0.3 is 7.12 Å². The maximum atomic E-state index is 11.1. The number of primary amides is 1. The standard InChI is InChI=1S/C13H20BNO3/c1-12(2)13(3,4)18-14(17-12)10-7-5-9(6-8-10)11(15)16/h5,7H,6,8H2,1-4H3,(H2,15,16). The van der Waals surface area contributed by atoms with E-state index >= 15 is 0 Å². The van der Waals surface area contributed by atoms with E-state index in [1.54, 1.807) is 6.08 Å². The van der Waals surface area contributed by atoms with Gasteiger partial charge in [0.25, 0.3) is 0 Å². The Labute approximate surface area is 108 Å². The van der Waals surface area contributed by atoms with Crippen LogP contribution in [0.2, 0.25) is 0 Å². The molecule has 1 amide bonds. The Morgan fingerprint density at radius 3 is 2.11 bits per heavy atom. The molecule has 1 heterocycles. The van der Waals surface area contributed by atoms with E-state index in [0.717, 1.165) is 11.9 Å². The predicted molar refractivity (Wildman–Crippen MR) is 70.7 cm³/mol. The van der Waals surface area contributed by atoms with Gasteiger partial charge < -0.3 is 15.0 Å². The third-order valence-electron chi connectivity index (χ3n) is 4.05. The number of hydrogen-bond donors (Lipinski definition) is 1. The van der Waals surface area contributed by atoms with Crippen LogP contribution in [0.15, 0.2) is 23.2 Å². The zero-order valence-corrected chi connectivity index (χ0v) is 11.4. The molecule has 0 bridgehead atoms. The summed E-state index contributed by atoms with van der Waals surface area (Å²) in [5.74, 6) is -0.348. The lowest BCUT2D eigenvalue weighted by Crippen LogP contribution is -2.41. The van der Waals surface area contributed by atoms with E-state index in [4.69, 9.17) is 15.0 Å². The zero-order valence-electron chi connectivity index (χ0n) is 11.4. The number of amides is 1. The van der Waals surface area contributed by atoms with Crippen LogP contribution < -0.4 is 5.73 Å². The van der Waals surface area contributed by atoms with Crippen LogP contribution in [0.1, 0.15) is 40.5 Å². The van der Waals surface area contributed by atoms with Crippen LogP contribution in [0.4, 0.5) is 0 Å². The number of carbonyl (C=O) groups excluding carboxylic acids is 1. The highest BCUT2D eigenvalue weighted by Crippen LogP contribution is 2.39.